The van der Waals surface area contributed by atoms with E-state index < -0.39 is 5.54 Å². The highest BCUT2D eigenvalue weighted by molar-refractivity contribution is 5.84. The minimum Gasteiger partial charge on any atom is -0.368 e. The highest BCUT2D eigenvalue weighted by Crippen LogP contribution is 2.21. The smallest absolute Gasteiger partial charge is 0.237 e. The first-order chi connectivity index (χ1) is 6.64. The molecule has 0 saturated carbocycles. The Labute approximate surface area is 85.8 Å². The summed E-state index contributed by atoms with van der Waals surface area (Å²) >= 11 is 0. The van der Waals surface area contributed by atoms with Gasteiger partial charge in [-0.2, -0.15) is 0 Å². The van der Waals surface area contributed by atoms with Gasteiger partial charge in [-0.25, -0.2) is 0 Å². The van der Waals surface area contributed by atoms with E-state index in [0.717, 1.165) is 38.9 Å². The van der Waals surface area contributed by atoms with Crippen LogP contribution in [-0.2, 0) is 4.79 Å². The Morgan fingerprint density at radius 2 is 2.21 bits per heavy atom. The third kappa shape index (κ3) is 2.25. The Bertz CT molecular complexity index is 208. The minimum atomic E-state index is -0.468. The molecule has 0 spiro atoms. The Balaban J connectivity index is 2.66. The summed E-state index contributed by atoms with van der Waals surface area (Å²) in [5.41, 5.74) is 4.98. The van der Waals surface area contributed by atoms with Gasteiger partial charge in [-0.1, -0.05) is 6.92 Å². The number of likely N-dealkylation sites (N-methyl/N-ethyl adjacent to an activating group) is 1. The van der Waals surface area contributed by atoms with Gasteiger partial charge in [-0.05, 0) is 39.4 Å². The zero-order valence-electron chi connectivity index (χ0n) is 9.18. The molecule has 1 heterocycles. The second kappa shape index (κ2) is 4.75. The Morgan fingerprint density at radius 1 is 1.50 bits per heavy atom. The quantitative estimate of drug-likeness (QED) is 0.669. The molecule has 3 N–H and O–H groups in total. The predicted molar refractivity (Wildman–Crippen MR) is 57.0 cm³/mol. The van der Waals surface area contributed by atoms with E-state index in [0.29, 0.717) is 0 Å². The standard InChI is InChI=1S/C10H21N3O/c1-3-13-7-4-5-10(12-2,6-8-13)9(11)14/h12H,3-8H2,1-2H3,(H2,11,14). The third-order valence-electron chi connectivity index (χ3n) is 3.33. The average molecular weight is 199 g/mol. The summed E-state index contributed by atoms with van der Waals surface area (Å²) in [5.74, 6) is -0.210. The van der Waals surface area contributed by atoms with Crippen molar-refractivity contribution in [3.05, 3.63) is 0 Å². The SMILES string of the molecule is CCN1CCCC(NC)(C(N)=O)CC1. The second-order valence-electron chi connectivity index (χ2n) is 3.98. The van der Waals surface area contributed by atoms with Crippen molar-refractivity contribution in [2.45, 2.75) is 31.7 Å². The molecule has 0 aromatic rings. The van der Waals surface area contributed by atoms with Gasteiger partial charge < -0.3 is 16.0 Å². The van der Waals surface area contributed by atoms with Crippen LogP contribution in [0.1, 0.15) is 26.2 Å². The van der Waals surface area contributed by atoms with Gasteiger partial charge in [-0.15, -0.1) is 0 Å². The van der Waals surface area contributed by atoms with Crippen molar-refractivity contribution in [2.75, 3.05) is 26.7 Å². The molecule has 1 unspecified atom stereocenters. The topological polar surface area (TPSA) is 58.4 Å². The van der Waals surface area contributed by atoms with Crippen LogP contribution in [0.5, 0.6) is 0 Å². The third-order valence-corrected chi connectivity index (χ3v) is 3.33. The molecule has 0 aliphatic carbocycles. The average Bonchev–Trinajstić information content (AvgIpc) is 2.40. The van der Waals surface area contributed by atoms with Crippen LogP contribution in [0.2, 0.25) is 0 Å². The van der Waals surface area contributed by atoms with E-state index >= 15 is 0 Å². The molecule has 4 heteroatoms. The fourth-order valence-corrected chi connectivity index (χ4v) is 2.13. The van der Waals surface area contributed by atoms with Crippen molar-refractivity contribution in [1.82, 2.24) is 10.2 Å². The number of carbonyl (C=O) groups excluding carboxylic acids is 1. The molecule has 1 rings (SSSR count). The second-order valence-corrected chi connectivity index (χ2v) is 3.98. The van der Waals surface area contributed by atoms with Crippen LogP contribution in [0.4, 0.5) is 0 Å². The number of hydrogen-bond acceptors (Lipinski definition) is 3. The van der Waals surface area contributed by atoms with Crippen LogP contribution in [0.15, 0.2) is 0 Å². The van der Waals surface area contributed by atoms with Gasteiger partial charge >= 0.3 is 0 Å². The number of rotatable bonds is 3. The molecular formula is C10H21N3O. The Hall–Kier alpha value is -0.610. The number of nitrogens with zero attached hydrogens (tertiary/aromatic N) is 1. The lowest BCUT2D eigenvalue weighted by Crippen LogP contribution is -2.54. The molecule has 1 amide bonds. The van der Waals surface area contributed by atoms with E-state index in [1.165, 1.54) is 0 Å². The lowest BCUT2D eigenvalue weighted by Gasteiger charge is -2.28. The molecule has 82 valence electrons. The number of nitrogens with one attached hydrogen (secondary N) is 1. The largest absolute Gasteiger partial charge is 0.368 e. The molecule has 0 radical (unpaired) electrons. The predicted octanol–water partition coefficient (Wildman–Crippen LogP) is -0.0643. The summed E-state index contributed by atoms with van der Waals surface area (Å²) in [6.07, 6.45) is 2.72. The molecule has 1 aliphatic rings. The van der Waals surface area contributed by atoms with Crippen LogP contribution < -0.4 is 11.1 Å². The molecule has 1 aliphatic heterocycles. The Morgan fingerprint density at radius 3 is 2.71 bits per heavy atom. The zero-order valence-corrected chi connectivity index (χ0v) is 9.18. The number of nitrogens with two attached hydrogens (primary N) is 1. The molecule has 4 nitrogen and oxygen atoms in total. The van der Waals surface area contributed by atoms with E-state index in [2.05, 4.69) is 17.1 Å². The highest BCUT2D eigenvalue weighted by Gasteiger charge is 2.36. The molecule has 0 aromatic heterocycles. The van der Waals surface area contributed by atoms with Gasteiger partial charge in [0.1, 0.15) is 0 Å². The summed E-state index contributed by atoms with van der Waals surface area (Å²) in [6, 6.07) is 0. The molecule has 14 heavy (non-hydrogen) atoms. The van der Waals surface area contributed by atoms with Crippen molar-refractivity contribution in [2.24, 2.45) is 5.73 Å². The van der Waals surface area contributed by atoms with Crippen molar-refractivity contribution in [3.8, 4) is 0 Å². The first-order valence-corrected chi connectivity index (χ1v) is 5.36. The van der Waals surface area contributed by atoms with Crippen molar-refractivity contribution in [1.29, 1.82) is 0 Å². The molecule has 0 aromatic carbocycles. The van der Waals surface area contributed by atoms with Crippen LogP contribution in [0.3, 0.4) is 0 Å². The zero-order chi connectivity index (χ0) is 10.6. The van der Waals surface area contributed by atoms with Gasteiger partial charge in [0.05, 0.1) is 5.54 Å². The maximum Gasteiger partial charge on any atom is 0.237 e. The monoisotopic (exact) mass is 199 g/mol. The number of carbonyl (C=O) groups is 1. The van der Waals surface area contributed by atoms with Crippen LogP contribution in [0.25, 0.3) is 0 Å². The first kappa shape index (κ1) is 11.5. The van der Waals surface area contributed by atoms with Crippen molar-refractivity contribution >= 4 is 5.91 Å². The number of hydrogen-bond donors (Lipinski definition) is 2. The molecular weight excluding hydrogens is 178 g/mol. The highest BCUT2D eigenvalue weighted by atomic mass is 16.1. The Kier molecular flexibility index (Phi) is 3.89. The number of likely N-dealkylation sites (tertiary alicyclic amines) is 1. The van der Waals surface area contributed by atoms with E-state index in [1.807, 2.05) is 7.05 Å². The summed E-state index contributed by atoms with van der Waals surface area (Å²) in [7, 11) is 1.83. The fourth-order valence-electron chi connectivity index (χ4n) is 2.13. The molecule has 1 saturated heterocycles. The fraction of sp³-hybridized carbons (Fsp3) is 0.900. The lowest BCUT2D eigenvalue weighted by molar-refractivity contribution is -0.124. The summed E-state index contributed by atoms with van der Waals surface area (Å²) < 4.78 is 0. The molecule has 1 fully saturated rings. The van der Waals surface area contributed by atoms with Crippen LogP contribution in [-0.4, -0.2) is 43.0 Å². The number of primary amides is 1. The maximum absolute atomic E-state index is 11.4. The maximum atomic E-state index is 11.4. The van der Waals surface area contributed by atoms with Crippen LogP contribution >= 0.6 is 0 Å². The van der Waals surface area contributed by atoms with Gasteiger partial charge in [0.25, 0.3) is 0 Å². The van der Waals surface area contributed by atoms with Crippen molar-refractivity contribution in [3.63, 3.8) is 0 Å². The lowest BCUT2D eigenvalue weighted by atomic mass is 9.90. The minimum absolute atomic E-state index is 0.210. The summed E-state index contributed by atoms with van der Waals surface area (Å²) in [4.78, 5) is 13.8. The molecule has 0 bridgehead atoms. The summed E-state index contributed by atoms with van der Waals surface area (Å²) in [6.45, 7) is 5.24. The van der Waals surface area contributed by atoms with Gasteiger partial charge in [0, 0.05) is 6.54 Å². The normalized spacial score (nSPS) is 29.9. The van der Waals surface area contributed by atoms with Crippen LogP contribution in [0, 0.1) is 0 Å². The van der Waals surface area contributed by atoms with E-state index in [4.69, 9.17) is 5.73 Å². The van der Waals surface area contributed by atoms with Gasteiger partial charge in [-0.3, -0.25) is 4.79 Å². The van der Waals surface area contributed by atoms with Gasteiger partial charge in [0.15, 0.2) is 0 Å². The van der Waals surface area contributed by atoms with Crippen molar-refractivity contribution < 1.29 is 4.79 Å². The van der Waals surface area contributed by atoms with E-state index in [-0.39, 0.29) is 5.91 Å². The van der Waals surface area contributed by atoms with Gasteiger partial charge in [0.2, 0.25) is 5.91 Å². The molecule has 1 atom stereocenters. The van der Waals surface area contributed by atoms with E-state index in [9.17, 15) is 4.79 Å². The van der Waals surface area contributed by atoms with E-state index in [1.54, 1.807) is 0 Å². The summed E-state index contributed by atoms with van der Waals surface area (Å²) in [5, 5.41) is 3.10. The first-order valence-electron chi connectivity index (χ1n) is 5.36. The number of amides is 1.